The molecule has 0 unspecified atom stereocenters. The predicted octanol–water partition coefficient (Wildman–Crippen LogP) is 2.80. The Labute approximate surface area is 153 Å². The lowest BCUT2D eigenvalue weighted by atomic mass is 9.96. The average Bonchev–Trinajstić information content (AvgIpc) is 3.34. The van der Waals surface area contributed by atoms with Crippen molar-refractivity contribution in [1.82, 2.24) is 14.7 Å². The Morgan fingerprint density at radius 3 is 2.23 bits per heavy atom. The van der Waals surface area contributed by atoms with Crippen LogP contribution in [0, 0.1) is 5.92 Å². The van der Waals surface area contributed by atoms with E-state index in [-0.39, 0.29) is 17.9 Å². The quantitative estimate of drug-likeness (QED) is 0.823. The van der Waals surface area contributed by atoms with Gasteiger partial charge >= 0.3 is 6.03 Å². The Morgan fingerprint density at radius 1 is 1.12 bits per heavy atom. The Morgan fingerprint density at radius 2 is 1.73 bits per heavy atom. The molecule has 0 spiro atoms. The minimum absolute atomic E-state index is 0.0223. The van der Waals surface area contributed by atoms with E-state index in [0.29, 0.717) is 26.2 Å². The maximum Gasteiger partial charge on any atom is 0.319 e. The summed E-state index contributed by atoms with van der Waals surface area (Å²) in [5, 5.41) is 0. The SMILES string of the molecule is CN(C)C(=O)N1CCC[C@@H](C(=O)N(Cc2ccco2)Cc2ccco2)C1. The molecule has 1 atom stereocenters. The maximum absolute atomic E-state index is 13.2. The fourth-order valence-electron chi connectivity index (χ4n) is 3.29. The number of rotatable bonds is 5. The number of carbonyl (C=O) groups excluding carboxylic acids is 2. The molecule has 1 aliphatic rings. The second-order valence-electron chi connectivity index (χ2n) is 6.82. The summed E-state index contributed by atoms with van der Waals surface area (Å²) in [7, 11) is 3.46. The molecule has 1 saturated heterocycles. The van der Waals surface area contributed by atoms with Gasteiger partial charge < -0.3 is 23.5 Å². The second kappa shape index (κ2) is 8.12. The van der Waals surface area contributed by atoms with Crippen LogP contribution in [0.25, 0.3) is 0 Å². The van der Waals surface area contributed by atoms with Crippen LogP contribution in [-0.2, 0) is 17.9 Å². The van der Waals surface area contributed by atoms with Crippen molar-refractivity contribution in [1.29, 1.82) is 0 Å². The van der Waals surface area contributed by atoms with Crippen molar-refractivity contribution < 1.29 is 18.4 Å². The molecule has 3 heterocycles. The third-order valence-electron chi connectivity index (χ3n) is 4.59. The normalized spacial score (nSPS) is 17.2. The van der Waals surface area contributed by atoms with Gasteiger partial charge in [-0.3, -0.25) is 4.79 Å². The molecule has 0 aromatic carbocycles. The third-order valence-corrected chi connectivity index (χ3v) is 4.59. The standard InChI is InChI=1S/C19H25N3O4/c1-20(2)19(24)21-9-3-6-15(12-21)18(23)22(13-16-7-4-10-25-16)14-17-8-5-11-26-17/h4-5,7-8,10-11,15H,3,6,9,12-14H2,1-2H3/t15-/m1/s1. The van der Waals surface area contributed by atoms with Crippen LogP contribution in [0.15, 0.2) is 45.6 Å². The van der Waals surface area contributed by atoms with Gasteiger partial charge in [0.25, 0.3) is 0 Å². The average molecular weight is 359 g/mol. The molecule has 0 bridgehead atoms. The lowest BCUT2D eigenvalue weighted by Crippen LogP contribution is -2.49. The summed E-state index contributed by atoms with van der Waals surface area (Å²) in [5.74, 6) is 1.26. The smallest absolute Gasteiger partial charge is 0.319 e. The molecule has 0 N–H and O–H groups in total. The number of urea groups is 1. The Bertz CT molecular complexity index is 673. The van der Waals surface area contributed by atoms with Crippen molar-refractivity contribution in [2.75, 3.05) is 27.2 Å². The van der Waals surface area contributed by atoms with Gasteiger partial charge in [-0.2, -0.15) is 0 Å². The minimum atomic E-state index is -0.211. The van der Waals surface area contributed by atoms with Crippen LogP contribution < -0.4 is 0 Å². The van der Waals surface area contributed by atoms with E-state index in [4.69, 9.17) is 8.83 Å². The summed E-state index contributed by atoms with van der Waals surface area (Å²) in [6.07, 6.45) is 4.81. The number of hydrogen-bond acceptors (Lipinski definition) is 4. The van der Waals surface area contributed by atoms with Crippen LogP contribution in [0.2, 0.25) is 0 Å². The molecule has 0 aliphatic carbocycles. The van der Waals surface area contributed by atoms with Crippen molar-refractivity contribution in [3.63, 3.8) is 0 Å². The molecule has 7 nitrogen and oxygen atoms in total. The number of nitrogens with zero attached hydrogens (tertiary/aromatic N) is 3. The summed E-state index contributed by atoms with van der Waals surface area (Å²) in [4.78, 5) is 30.5. The molecule has 7 heteroatoms. The maximum atomic E-state index is 13.2. The molecule has 26 heavy (non-hydrogen) atoms. The largest absolute Gasteiger partial charge is 0.467 e. The van der Waals surface area contributed by atoms with E-state index < -0.39 is 0 Å². The highest BCUT2D eigenvalue weighted by molar-refractivity contribution is 5.81. The van der Waals surface area contributed by atoms with Crippen molar-refractivity contribution in [3.8, 4) is 0 Å². The summed E-state index contributed by atoms with van der Waals surface area (Å²) in [5.41, 5.74) is 0. The van der Waals surface area contributed by atoms with Crippen LogP contribution in [0.1, 0.15) is 24.4 Å². The molecule has 1 aliphatic heterocycles. The molecule has 0 radical (unpaired) electrons. The van der Waals surface area contributed by atoms with Crippen LogP contribution >= 0.6 is 0 Å². The number of piperidine rings is 1. The molecular weight excluding hydrogens is 334 g/mol. The zero-order valence-electron chi connectivity index (χ0n) is 15.3. The van der Waals surface area contributed by atoms with Crippen molar-refractivity contribution in [2.24, 2.45) is 5.92 Å². The van der Waals surface area contributed by atoms with Gasteiger partial charge in [0.1, 0.15) is 11.5 Å². The van der Waals surface area contributed by atoms with Gasteiger partial charge in [0.2, 0.25) is 5.91 Å². The molecule has 2 aromatic rings. The van der Waals surface area contributed by atoms with Gasteiger partial charge in [-0.15, -0.1) is 0 Å². The monoisotopic (exact) mass is 359 g/mol. The number of amides is 3. The third kappa shape index (κ3) is 4.28. The fraction of sp³-hybridized carbons (Fsp3) is 0.474. The summed E-state index contributed by atoms with van der Waals surface area (Å²) in [6, 6.07) is 7.27. The summed E-state index contributed by atoms with van der Waals surface area (Å²) >= 11 is 0. The Kier molecular flexibility index (Phi) is 5.65. The van der Waals surface area contributed by atoms with E-state index in [9.17, 15) is 9.59 Å². The first-order valence-electron chi connectivity index (χ1n) is 8.84. The van der Waals surface area contributed by atoms with E-state index >= 15 is 0 Å². The van der Waals surface area contributed by atoms with Crippen molar-refractivity contribution >= 4 is 11.9 Å². The van der Waals surface area contributed by atoms with Crippen LogP contribution in [0.3, 0.4) is 0 Å². The highest BCUT2D eigenvalue weighted by Gasteiger charge is 2.32. The van der Waals surface area contributed by atoms with Crippen LogP contribution in [0.4, 0.5) is 4.79 Å². The van der Waals surface area contributed by atoms with Gasteiger partial charge in [-0.25, -0.2) is 4.79 Å². The van der Waals surface area contributed by atoms with Gasteiger partial charge in [0.15, 0.2) is 0 Å². The summed E-state index contributed by atoms with van der Waals surface area (Å²) < 4.78 is 10.8. The molecule has 140 valence electrons. The zero-order chi connectivity index (χ0) is 18.5. The predicted molar refractivity (Wildman–Crippen MR) is 95.1 cm³/mol. The van der Waals surface area contributed by atoms with Gasteiger partial charge in [-0.05, 0) is 37.1 Å². The lowest BCUT2D eigenvalue weighted by Gasteiger charge is -2.35. The minimum Gasteiger partial charge on any atom is -0.467 e. The molecule has 2 aromatic heterocycles. The van der Waals surface area contributed by atoms with E-state index in [1.165, 1.54) is 0 Å². The topological polar surface area (TPSA) is 70.1 Å². The summed E-state index contributed by atoms with van der Waals surface area (Å²) in [6.45, 7) is 1.90. The first-order chi connectivity index (χ1) is 12.5. The van der Waals surface area contributed by atoms with E-state index in [1.807, 2.05) is 24.3 Å². The van der Waals surface area contributed by atoms with Gasteiger partial charge in [0, 0.05) is 27.2 Å². The number of hydrogen-bond donors (Lipinski definition) is 0. The van der Waals surface area contributed by atoms with Crippen LogP contribution in [-0.4, -0.2) is 53.8 Å². The number of furan rings is 2. The molecular formula is C19H25N3O4. The number of carbonyl (C=O) groups is 2. The Hall–Kier alpha value is -2.70. The van der Waals surface area contributed by atoms with Crippen LogP contribution in [0.5, 0.6) is 0 Å². The van der Waals surface area contributed by atoms with Crippen molar-refractivity contribution in [2.45, 2.75) is 25.9 Å². The first-order valence-corrected chi connectivity index (χ1v) is 8.84. The van der Waals surface area contributed by atoms with Gasteiger partial charge in [-0.1, -0.05) is 0 Å². The zero-order valence-corrected chi connectivity index (χ0v) is 15.3. The van der Waals surface area contributed by atoms with Crippen molar-refractivity contribution in [3.05, 3.63) is 48.3 Å². The molecule has 1 fully saturated rings. The Balaban J connectivity index is 1.72. The highest BCUT2D eigenvalue weighted by atomic mass is 16.3. The molecule has 0 saturated carbocycles. The van der Waals surface area contributed by atoms with Gasteiger partial charge in [0.05, 0.1) is 31.5 Å². The lowest BCUT2D eigenvalue weighted by molar-refractivity contribution is -0.138. The molecule has 3 rings (SSSR count). The highest BCUT2D eigenvalue weighted by Crippen LogP contribution is 2.22. The first kappa shape index (κ1) is 18.1. The number of likely N-dealkylation sites (tertiary alicyclic amines) is 1. The van der Waals surface area contributed by atoms with E-state index in [1.54, 1.807) is 41.3 Å². The second-order valence-corrected chi connectivity index (χ2v) is 6.82. The molecule has 3 amide bonds. The van der Waals surface area contributed by atoms with E-state index in [0.717, 1.165) is 24.4 Å². The van der Waals surface area contributed by atoms with E-state index in [2.05, 4.69) is 0 Å². The fourth-order valence-corrected chi connectivity index (χ4v) is 3.29.